The molecule has 23 heavy (non-hydrogen) atoms. The Hall–Kier alpha value is -2.60. The van der Waals surface area contributed by atoms with Crippen LogP contribution in [-0.2, 0) is 0 Å². The monoisotopic (exact) mass is 327 g/mol. The molecule has 0 aliphatic carbocycles. The third-order valence-corrected chi connectivity index (χ3v) is 4.74. The van der Waals surface area contributed by atoms with Gasteiger partial charge in [-0.15, -0.1) is 0 Å². The molecular formula is C17H17N3O2S. The second kappa shape index (κ2) is 5.89. The number of anilines is 2. The average Bonchev–Trinajstić information content (AvgIpc) is 2.91. The molecule has 2 aromatic carbocycles. The summed E-state index contributed by atoms with van der Waals surface area (Å²) in [4.78, 5) is 16.8. The highest BCUT2D eigenvalue weighted by molar-refractivity contribution is 7.22. The number of rotatable bonds is 3. The van der Waals surface area contributed by atoms with E-state index in [-0.39, 0.29) is 5.91 Å². The van der Waals surface area contributed by atoms with Gasteiger partial charge < -0.3 is 15.8 Å². The van der Waals surface area contributed by atoms with Crippen LogP contribution in [0.15, 0.2) is 30.3 Å². The van der Waals surface area contributed by atoms with Crippen molar-refractivity contribution >= 4 is 38.3 Å². The van der Waals surface area contributed by atoms with Gasteiger partial charge in [-0.3, -0.25) is 4.79 Å². The molecule has 0 fully saturated rings. The Labute approximate surface area is 138 Å². The standard InChI is InChI=1S/C17H17N3O2S/c1-9-8-13-15(23-17(18)19-13)10(2)14(9)20-16(21)11-4-6-12(22-3)7-5-11/h4-8H,1-3H3,(H2,18,19)(H,20,21). The van der Waals surface area contributed by atoms with Crippen molar-refractivity contribution in [2.45, 2.75) is 13.8 Å². The minimum absolute atomic E-state index is 0.157. The number of benzene rings is 2. The van der Waals surface area contributed by atoms with Crippen molar-refractivity contribution < 1.29 is 9.53 Å². The van der Waals surface area contributed by atoms with E-state index in [9.17, 15) is 4.79 Å². The molecule has 1 amide bonds. The highest BCUT2D eigenvalue weighted by Crippen LogP contribution is 2.34. The van der Waals surface area contributed by atoms with E-state index in [1.54, 1.807) is 31.4 Å². The summed E-state index contributed by atoms with van der Waals surface area (Å²) in [5.41, 5.74) is 9.98. The van der Waals surface area contributed by atoms with Crippen LogP contribution in [0.1, 0.15) is 21.5 Å². The molecule has 0 saturated carbocycles. The van der Waals surface area contributed by atoms with Crippen LogP contribution in [0.4, 0.5) is 10.8 Å². The number of nitrogens with one attached hydrogen (secondary N) is 1. The van der Waals surface area contributed by atoms with E-state index in [0.717, 1.165) is 32.8 Å². The largest absolute Gasteiger partial charge is 0.497 e. The lowest BCUT2D eigenvalue weighted by molar-refractivity contribution is 0.102. The van der Waals surface area contributed by atoms with E-state index < -0.39 is 0 Å². The molecule has 0 atom stereocenters. The zero-order chi connectivity index (χ0) is 16.6. The van der Waals surface area contributed by atoms with Gasteiger partial charge in [0, 0.05) is 11.3 Å². The summed E-state index contributed by atoms with van der Waals surface area (Å²) in [6.07, 6.45) is 0. The maximum atomic E-state index is 12.5. The number of nitrogen functional groups attached to an aromatic ring is 1. The number of thiazole rings is 1. The molecule has 0 bridgehead atoms. The number of carbonyl (C=O) groups excluding carboxylic acids is 1. The highest BCUT2D eigenvalue weighted by atomic mass is 32.1. The Kier molecular flexibility index (Phi) is 3.92. The van der Waals surface area contributed by atoms with Crippen LogP contribution in [0, 0.1) is 13.8 Å². The van der Waals surface area contributed by atoms with Gasteiger partial charge in [-0.2, -0.15) is 0 Å². The summed E-state index contributed by atoms with van der Waals surface area (Å²) in [7, 11) is 1.60. The first kappa shape index (κ1) is 15.3. The maximum absolute atomic E-state index is 12.5. The topological polar surface area (TPSA) is 77.2 Å². The van der Waals surface area contributed by atoms with E-state index >= 15 is 0 Å². The van der Waals surface area contributed by atoms with E-state index in [1.165, 1.54) is 11.3 Å². The van der Waals surface area contributed by atoms with Crippen LogP contribution in [0.5, 0.6) is 5.75 Å². The predicted octanol–water partition coefficient (Wildman–Crippen LogP) is 3.76. The molecule has 0 saturated heterocycles. The molecule has 0 spiro atoms. The molecule has 3 N–H and O–H groups in total. The zero-order valence-electron chi connectivity index (χ0n) is 13.1. The normalized spacial score (nSPS) is 10.7. The number of ether oxygens (including phenoxy) is 1. The van der Waals surface area contributed by atoms with Crippen molar-refractivity contribution in [2.24, 2.45) is 0 Å². The van der Waals surface area contributed by atoms with Gasteiger partial charge in [0.15, 0.2) is 5.13 Å². The van der Waals surface area contributed by atoms with Crippen LogP contribution < -0.4 is 15.8 Å². The van der Waals surface area contributed by atoms with Gasteiger partial charge in [0.2, 0.25) is 0 Å². The summed E-state index contributed by atoms with van der Waals surface area (Å²) >= 11 is 1.43. The van der Waals surface area contributed by atoms with Crippen LogP contribution in [0.3, 0.4) is 0 Å². The Bertz CT molecular complexity index is 885. The highest BCUT2D eigenvalue weighted by Gasteiger charge is 2.14. The van der Waals surface area contributed by atoms with Crippen molar-refractivity contribution in [1.82, 2.24) is 4.98 Å². The van der Waals surface area contributed by atoms with Crippen molar-refractivity contribution in [3.8, 4) is 5.75 Å². The smallest absolute Gasteiger partial charge is 0.255 e. The molecule has 1 aromatic heterocycles. The first-order valence-electron chi connectivity index (χ1n) is 7.11. The first-order valence-corrected chi connectivity index (χ1v) is 7.93. The lowest BCUT2D eigenvalue weighted by atomic mass is 10.1. The number of methoxy groups -OCH3 is 1. The Balaban J connectivity index is 1.95. The van der Waals surface area contributed by atoms with Crippen molar-refractivity contribution in [1.29, 1.82) is 0 Å². The molecule has 118 valence electrons. The van der Waals surface area contributed by atoms with Crippen LogP contribution in [-0.4, -0.2) is 18.0 Å². The summed E-state index contributed by atoms with van der Waals surface area (Å²) in [6, 6.07) is 8.95. The van der Waals surface area contributed by atoms with Crippen molar-refractivity contribution in [3.63, 3.8) is 0 Å². The molecule has 3 aromatic rings. The third-order valence-electron chi connectivity index (χ3n) is 3.72. The number of amides is 1. The number of hydrogen-bond donors (Lipinski definition) is 2. The van der Waals surface area contributed by atoms with E-state index in [1.807, 2.05) is 19.9 Å². The van der Waals surface area contributed by atoms with Gasteiger partial charge in [0.25, 0.3) is 5.91 Å². The van der Waals surface area contributed by atoms with Crippen LogP contribution in [0.2, 0.25) is 0 Å². The number of carbonyl (C=O) groups is 1. The van der Waals surface area contributed by atoms with E-state index in [0.29, 0.717) is 10.7 Å². The molecular weight excluding hydrogens is 310 g/mol. The fourth-order valence-electron chi connectivity index (χ4n) is 2.52. The summed E-state index contributed by atoms with van der Waals surface area (Å²) in [6.45, 7) is 3.92. The number of nitrogens with two attached hydrogens (primary N) is 1. The van der Waals surface area contributed by atoms with Crippen LogP contribution >= 0.6 is 11.3 Å². The molecule has 3 rings (SSSR count). The van der Waals surface area contributed by atoms with Gasteiger partial charge in [-0.1, -0.05) is 11.3 Å². The Morgan fingerprint density at radius 1 is 1.26 bits per heavy atom. The molecule has 0 aliphatic rings. The zero-order valence-corrected chi connectivity index (χ0v) is 14.0. The van der Waals surface area contributed by atoms with Crippen molar-refractivity contribution in [3.05, 3.63) is 47.0 Å². The number of fused-ring (bicyclic) bond motifs is 1. The molecule has 0 aliphatic heterocycles. The lowest BCUT2D eigenvalue weighted by Gasteiger charge is -2.12. The quantitative estimate of drug-likeness (QED) is 0.768. The fraction of sp³-hybridized carbons (Fsp3) is 0.176. The maximum Gasteiger partial charge on any atom is 0.255 e. The molecule has 5 nitrogen and oxygen atoms in total. The van der Waals surface area contributed by atoms with Gasteiger partial charge in [-0.05, 0) is 55.3 Å². The summed E-state index contributed by atoms with van der Waals surface area (Å²) in [5, 5.41) is 3.52. The molecule has 0 radical (unpaired) electrons. The second-order valence-electron chi connectivity index (χ2n) is 5.28. The Morgan fingerprint density at radius 3 is 2.61 bits per heavy atom. The second-order valence-corrected chi connectivity index (χ2v) is 6.31. The third kappa shape index (κ3) is 2.85. The summed E-state index contributed by atoms with van der Waals surface area (Å²) in [5.74, 6) is 0.561. The van der Waals surface area contributed by atoms with Crippen LogP contribution in [0.25, 0.3) is 10.2 Å². The SMILES string of the molecule is COc1ccc(C(=O)Nc2c(C)cc3nc(N)sc3c2C)cc1. The number of hydrogen-bond acceptors (Lipinski definition) is 5. The molecule has 1 heterocycles. The van der Waals surface area contributed by atoms with E-state index in [2.05, 4.69) is 10.3 Å². The first-order chi connectivity index (χ1) is 11.0. The summed E-state index contributed by atoms with van der Waals surface area (Å²) < 4.78 is 6.11. The molecule has 0 unspecified atom stereocenters. The minimum Gasteiger partial charge on any atom is -0.497 e. The van der Waals surface area contributed by atoms with E-state index in [4.69, 9.17) is 10.5 Å². The fourth-order valence-corrected chi connectivity index (χ4v) is 3.34. The number of aromatic nitrogens is 1. The van der Waals surface area contributed by atoms with Gasteiger partial charge >= 0.3 is 0 Å². The average molecular weight is 327 g/mol. The van der Waals surface area contributed by atoms with Crippen molar-refractivity contribution in [2.75, 3.05) is 18.2 Å². The lowest BCUT2D eigenvalue weighted by Crippen LogP contribution is -2.13. The predicted molar refractivity (Wildman–Crippen MR) is 94.5 cm³/mol. The van der Waals surface area contributed by atoms with Gasteiger partial charge in [-0.25, -0.2) is 4.98 Å². The number of aryl methyl sites for hydroxylation is 2. The minimum atomic E-state index is -0.157. The van der Waals surface area contributed by atoms with Gasteiger partial charge in [0.1, 0.15) is 5.75 Å². The number of nitrogens with zero attached hydrogens (tertiary/aromatic N) is 1. The van der Waals surface area contributed by atoms with Gasteiger partial charge in [0.05, 0.1) is 17.3 Å². The molecule has 6 heteroatoms. The Morgan fingerprint density at radius 2 is 1.96 bits per heavy atom.